The van der Waals surface area contributed by atoms with Crippen LogP contribution in [-0.2, 0) is 11.3 Å². The smallest absolute Gasteiger partial charge is 0.410 e. The quantitative estimate of drug-likeness (QED) is 0.703. The Morgan fingerprint density at radius 3 is 2.77 bits per heavy atom. The van der Waals surface area contributed by atoms with Crippen LogP contribution in [0.1, 0.15) is 18.1 Å². The minimum atomic E-state index is -2.69. The minimum absolute atomic E-state index is 0.125. The Morgan fingerprint density at radius 1 is 1.33 bits per heavy atom. The number of rotatable bonds is 6. The Bertz CT molecular complexity index is 906. The molecule has 0 unspecified atom stereocenters. The molecule has 1 atom stereocenters. The van der Waals surface area contributed by atoms with Gasteiger partial charge in [0.05, 0.1) is 18.0 Å². The topological polar surface area (TPSA) is 104 Å². The summed E-state index contributed by atoms with van der Waals surface area (Å²) in [6.45, 7) is 2.22. The molecule has 0 aromatic carbocycles. The highest BCUT2D eigenvalue weighted by Gasteiger charge is 2.29. The molecule has 0 bridgehead atoms. The van der Waals surface area contributed by atoms with Crippen LogP contribution in [0.5, 0.6) is 5.75 Å². The number of alkyl halides is 2. The first-order valence-corrected chi connectivity index (χ1v) is 9.22. The highest BCUT2D eigenvalue weighted by atomic mass is 19.3. The predicted molar refractivity (Wildman–Crippen MR) is 101 cm³/mol. The van der Waals surface area contributed by atoms with Gasteiger partial charge >= 0.3 is 6.09 Å². The van der Waals surface area contributed by atoms with Gasteiger partial charge in [0.25, 0.3) is 6.43 Å². The number of hydrogen-bond donors (Lipinski definition) is 0. The van der Waals surface area contributed by atoms with Gasteiger partial charge in [0, 0.05) is 43.6 Å². The largest absolute Gasteiger partial charge is 0.486 e. The summed E-state index contributed by atoms with van der Waals surface area (Å²) in [4.78, 5) is 27.7. The lowest BCUT2D eigenvalue weighted by Crippen LogP contribution is -2.54. The molecule has 11 heteroatoms. The van der Waals surface area contributed by atoms with Crippen molar-refractivity contribution >= 4 is 12.0 Å². The van der Waals surface area contributed by atoms with Crippen LogP contribution in [0.3, 0.4) is 0 Å². The van der Waals surface area contributed by atoms with Crippen molar-refractivity contribution in [2.75, 3.05) is 31.1 Å². The molecule has 1 amide bonds. The Balaban J connectivity index is 1.55. The minimum Gasteiger partial charge on any atom is -0.486 e. The average Bonchev–Trinajstić information content (AvgIpc) is 2.76. The van der Waals surface area contributed by atoms with Crippen LogP contribution in [0.25, 0.3) is 0 Å². The second kappa shape index (κ2) is 9.78. The van der Waals surface area contributed by atoms with Gasteiger partial charge in [-0.1, -0.05) is 0 Å². The van der Waals surface area contributed by atoms with Crippen molar-refractivity contribution < 1.29 is 23.0 Å². The molecule has 158 valence electrons. The molecule has 0 spiro atoms. The van der Waals surface area contributed by atoms with Crippen LogP contribution >= 0.6 is 0 Å². The Hall–Kier alpha value is -3.55. The van der Waals surface area contributed by atoms with E-state index < -0.39 is 19.1 Å². The molecule has 3 rings (SSSR count). The van der Waals surface area contributed by atoms with E-state index in [-0.39, 0.29) is 12.6 Å². The summed E-state index contributed by atoms with van der Waals surface area (Å²) in [6, 6.07) is 3.64. The number of amides is 1. The highest BCUT2D eigenvalue weighted by molar-refractivity contribution is 5.68. The molecule has 1 aliphatic rings. The fourth-order valence-electron chi connectivity index (χ4n) is 2.99. The monoisotopic (exact) mass is 418 g/mol. The van der Waals surface area contributed by atoms with Crippen LogP contribution in [0.2, 0.25) is 0 Å². The molecule has 3 heterocycles. The summed E-state index contributed by atoms with van der Waals surface area (Å²) in [5.74, 6) is 0.915. The van der Waals surface area contributed by atoms with Crippen molar-refractivity contribution in [2.24, 2.45) is 0 Å². The summed E-state index contributed by atoms with van der Waals surface area (Å²) in [7, 11) is 0. The van der Waals surface area contributed by atoms with E-state index in [0.717, 1.165) is 0 Å². The summed E-state index contributed by atoms with van der Waals surface area (Å²) >= 11 is 0. The number of nitrogens with zero attached hydrogens (tertiary/aromatic N) is 6. The molecular weight excluding hydrogens is 398 g/mol. The number of carbonyl (C=O) groups excluding carboxylic acids is 1. The lowest BCUT2D eigenvalue weighted by atomic mass is 10.2. The number of aromatic nitrogens is 3. The number of halogens is 2. The average molecular weight is 418 g/mol. The fraction of sp³-hybridized carbons (Fsp3) is 0.421. The van der Waals surface area contributed by atoms with Crippen molar-refractivity contribution in [2.45, 2.75) is 26.0 Å². The van der Waals surface area contributed by atoms with E-state index in [9.17, 15) is 13.6 Å². The first-order valence-electron chi connectivity index (χ1n) is 9.22. The summed E-state index contributed by atoms with van der Waals surface area (Å²) < 4.78 is 34.6. The van der Waals surface area contributed by atoms with Crippen LogP contribution in [0, 0.1) is 11.3 Å². The van der Waals surface area contributed by atoms with Crippen LogP contribution in [0.15, 0.2) is 30.9 Å². The molecule has 1 aliphatic heterocycles. The van der Waals surface area contributed by atoms with E-state index in [0.29, 0.717) is 42.5 Å². The Kier molecular flexibility index (Phi) is 6.90. The maximum Gasteiger partial charge on any atom is 0.410 e. The zero-order valence-electron chi connectivity index (χ0n) is 16.2. The molecule has 0 saturated carbocycles. The maximum atomic E-state index is 12.2. The van der Waals surface area contributed by atoms with E-state index in [1.807, 2.05) is 11.8 Å². The van der Waals surface area contributed by atoms with Crippen molar-refractivity contribution in [1.29, 1.82) is 5.26 Å². The first-order chi connectivity index (χ1) is 14.5. The van der Waals surface area contributed by atoms with Gasteiger partial charge in [-0.25, -0.2) is 23.5 Å². The maximum absolute atomic E-state index is 12.2. The first kappa shape index (κ1) is 21.2. The zero-order valence-corrected chi connectivity index (χ0v) is 16.2. The van der Waals surface area contributed by atoms with Crippen LogP contribution < -0.4 is 9.64 Å². The third-order valence-corrected chi connectivity index (χ3v) is 4.52. The van der Waals surface area contributed by atoms with Gasteiger partial charge in [-0.05, 0) is 13.0 Å². The van der Waals surface area contributed by atoms with Gasteiger partial charge in [-0.15, -0.1) is 0 Å². The normalized spacial score (nSPS) is 16.3. The van der Waals surface area contributed by atoms with Crippen LogP contribution in [0.4, 0.5) is 19.5 Å². The van der Waals surface area contributed by atoms with Gasteiger partial charge in [-0.2, -0.15) is 5.26 Å². The lowest BCUT2D eigenvalue weighted by molar-refractivity contribution is 0.0295. The molecule has 0 aliphatic carbocycles. The van der Waals surface area contributed by atoms with Crippen molar-refractivity contribution in [3.8, 4) is 11.8 Å². The number of carbonyl (C=O) groups is 1. The highest BCUT2D eigenvalue weighted by Crippen LogP contribution is 2.19. The van der Waals surface area contributed by atoms with Gasteiger partial charge in [0.1, 0.15) is 12.7 Å². The molecular formula is C19H20F2N6O3. The van der Waals surface area contributed by atoms with E-state index in [4.69, 9.17) is 10.00 Å². The van der Waals surface area contributed by atoms with Gasteiger partial charge < -0.3 is 19.3 Å². The van der Waals surface area contributed by atoms with Gasteiger partial charge in [-0.3, -0.25) is 4.98 Å². The molecule has 1 saturated heterocycles. The molecule has 2 aromatic heterocycles. The third kappa shape index (κ3) is 5.28. The number of nitriles is 1. The van der Waals surface area contributed by atoms with Crippen LogP contribution in [-0.4, -0.2) is 64.7 Å². The SMILES string of the molecule is C[C@@H]1CN(C(=O)OCC(F)F)CCN1c1ncc(OCc2ccncc2C#N)cn1. The Morgan fingerprint density at radius 2 is 2.10 bits per heavy atom. The molecule has 30 heavy (non-hydrogen) atoms. The van der Waals surface area contributed by atoms with E-state index in [1.54, 1.807) is 12.3 Å². The van der Waals surface area contributed by atoms with Crippen molar-refractivity contribution in [3.63, 3.8) is 0 Å². The van der Waals surface area contributed by atoms with E-state index in [2.05, 4.69) is 25.8 Å². The Labute approximate surface area is 171 Å². The summed E-state index contributed by atoms with van der Waals surface area (Å²) in [6.07, 6.45) is 2.69. The number of hydrogen-bond acceptors (Lipinski definition) is 8. The number of piperazine rings is 1. The molecule has 0 N–H and O–H groups in total. The third-order valence-electron chi connectivity index (χ3n) is 4.52. The van der Waals surface area contributed by atoms with Crippen molar-refractivity contribution in [1.82, 2.24) is 19.9 Å². The standard InChI is InChI=1S/C19H20F2N6O3/c1-13-10-26(19(28)30-12-17(20)21)4-5-27(13)18-24-8-16(9-25-18)29-11-14-2-3-23-7-15(14)6-22/h2-3,7-9,13,17H,4-5,10-12H2,1H3/t13-/m1/s1. The number of ether oxygens (including phenoxy) is 2. The van der Waals surface area contributed by atoms with E-state index >= 15 is 0 Å². The number of anilines is 1. The molecule has 2 aromatic rings. The fourth-order valence-corrected chi connectivity index (χ4v) is 2.99. The van der Waals surface area contributed by atoms with E-state index in [1.165, 1.54) is 23.5 Å². The molecule has 1 fully saturated rings. The second-order valence-electron chi connectivity index (χ2n) is 6.61. The second-order valence-corrected chi connectivity index (χ2v) is 6.61. The lowest BCUT2D eigenvalue weighted by Gasteiger charge is -2.39. The molecule has 9 nitrogen and oxygen atoms in total. The summed E-state index contributed by atoms with van der Waals surface area (Å²) in [5, 5.41) is 9.09. The van der Waals surface area contributed by atoms with Gasteiger partial charge in [0.15, 0.2) is 12.4 Å². The summed E-state index contributed by atoms with van der Waals surface area (Å²) in [5.41, 5.74) is 1.15. The predicted octanol–water partition coefficient (Wildman–Crippen LogP) is 2.23. The molecule has 0 radical (unpaired) electrons. The van der Waals surface area contributed by atoms with Gasteiger partial charge in [0.2, 0.25) is 5.95 Å². The zero-order chi connectivity index (χ0) is 21.5. The number of pyridine rings is 1. The van der Waals surface area contributed by atoms with Crippen molar-refractivity contribution in [3.05, 3.63) is 42.0 Å².